The molecule has 0 aliphatic heterocycles. The molecule has 0 unspecified atom stereocenters. The van der Waals surface area contributed by atoms with Gasteiger partial charge in [-0.05, 0) is 70.5 Å². The van der Waals surface area contributed by atoms with Gasteiger partial charge in [0.15, 0.2) is 16.6 Å². The molecule has 4 nitrogen and oxygen atoms in total. The number of carbonyl (C=O) groups is 1. The second-order valence-corrected chi connectivity index (χ2v) is 16.7. The lowest BCUT2D eigenvalue weighted by Gasteiger charge is -2.34. The van der Waals surface area contributed by atoms with Crippen LogP contribution in [0.3, 0.4) is 0 Å². The molecule has 25 heavy (non-hydrogen) atoms. The van der Waals surface area contributed by atoms with E-state index in [2.05, 4.69) is 45.9 Å². The maximum absolute atomic E-state index is 11.4. The van der Waals surface area contributed by atoms with Gasteiger partial charge >= 0.3 is 5.97 Å². The highest BCUT2D eigenvalue weighted by molar-refractivity contribution is 6.84. The first-order chi connectivity index (χ1) is 11.4. The summed E-state index contributed by atoms with van der Waals surface area (Å²) in [7, 11) is -3.49. The zero-order valence-electron chi connectivity index (χ0n) is 17.0. The van der Waals surface area contributed by atoms with Gasteiger partial charge in [-0.15, -0.1) is 0 Å². The molecule has 6 heteroatoms. The van der Waals surface area contributed by atoms with Gasteiger partial charge in [0.1, 0.15) is 5.76 Å². The van der Waals surface area contributed by atoms with Crippen molar-refractivity contribution in [2.24, 2.45) is 0 Å². The van der Waals surface area contributed by atoms with Crippen molar-refractivity contribution in [3.05, 3.63) is 36.6 Å². The normalized spacial score (nSPS) is 11.8. The van der Waals surface area contributed by atoms with E-state index in [4.69, 9.17) is 13.6 Å². The van der Waals surface area contributed by atoms with Crippen molar-refractivity contribution in [1.82, 2.24) is 0 Å². The van der Waals surface area contributed by atoms with Crippen molar-refractivity contribution in [3.63, 3.8) is 0 Å². The summed E-state index contributed by atoms with van der Waals surface area (Å²) in [5, 5.41) is 0. The first-order valence-electron chi connectivity index (χ1n) is 8.87. The minimum absolute atomic E-state index is 0.313. The first-order valence-corrected chi connectivity index (χ1v) is 15.1. The van der Waals surface area contributed by atoms with E-state index >= 15 is 0 Å². The highest BCUT2D eigenvalue weighted by Crippen LogP contribution is 2.24. The average Bonchev–Trinajstić information content (AvgIpc) is 2.46. The molecule has 0 saturated heterocycles. The number of ether oxygens (including phenoxy) is 2. The van der Waals surface area contributed by atoms with Crippen molar-refractivity contribution in [2.75, 3.05) is 13.2 Å². The van der Waals surface area contributed by atoms with Gasteiger partial charge in [0.2, 0.25) is 0 Å². The Morgan fingerprint density at radius 1 is 0.800 bits per heavy atom. The zero-order valence-corrected chi connectivity index (χ0v) is 19.0. The Morgan fingerprint density at radius 3 is 1.64 bits per heavy atom. The van der Waals surface area contributed by atoms with Crippen LogP contribution in [0.5, 0.6) is 0 Å². The smallest absolute Gasteiger partial charge is 0.333 e. The van der Waals surface area contributed by atoms with Crippen LogP contribution in [0.4, 0.5) is 0 Å². The predicted molar refractivity (Wildman–Crippen MR) is 111 cm³/mol. The van der Waals surface area contributed by atoms with Crippen LogP contribution in [-0.2, 0) is 18.4 Å². The van der Waals surface area contributed by atoms with E-state index in [0.717, 1.165) is 30.5 Å². The number of rotatable bonds is 13. The SMILES string of the molecule is C=C(C)C(=C)OCCC[Si](C)(C)O[Si](C)(C)CCCOC(=O)C(=C)C. The van der Waals surface area contributed by atoms with Crippen LogP contribution in [-0.4, -0.2) is 35.8 Å². The van der Waals surface area contributed by atoms with Crippen molar-refractivity contribution in [1.29, 1.82) is 0 Å². The predicted octanol–water partition coefficient (Wildman–Crippen LogP) is 5.42. The van der Waals surface area contributed by atoms with Gasteiger partial charge in [-0.3, -0.25) is 0 Å². The summed E-state index contributed by atoms with van der Waals surface area (Å²) in [6.07, 6.45) is 1.80. The number of carbonyl (C=O) groups excluding carboxylic acids is 1. The summed E-state index contributed by atoms with van der Waals surface area (Å²) >= 11 is 0. The zero-order chi connectivity index (χ0) is 19.7. The summed E-state index contributed by atoms with van der Waals surface area (Å²) in [6, 6.07) is 2.04. The maximum Gasteiger partial charge on any atom is 0.333 e. The third-order valence-electron chi connectivity index (χ3n) is 3.73. The Balaban J connectivity index is 4.14. The van der Waals surface area contributed by atoms with E-state index < -0.39 is 16.6 Å². The number of allylic oxidation sites excluding steroid dienone is 1. The van der Waals surface area contributed by atoms with Gasteiger partial charge < -0.3 is 13.6 Å². The van der Waals surface area contributed by atoms with E-state index in [9.17, 15) is 4.79 Å². The van der Waals surface area contributed by atoms with Crippen molar-refractivity contribution in [2.45, 2.75) is 65.0 Å². The number of esters is 1. The minimum atomic E-state index is -1.76. The number of hydrogen-bond acceptors (Lipinski definition) is 4. The molecule has 0 aromatic carbocycles. The van der Waals surface area contributed by atoms with Gasteiger partial charge in [-0.1, -0.05) is 19.7 Å². The molecule has 0 amide bonds. The third-order valence-corrected chi connectivity index (χ3v) is 11.3. The summed E-state index contributed by atoms with van der Waals surface area (Å²) in [6.45, 7) is 24.9. The van der Waals surface area contributed by atoms with Crippen LogP contribution in [0.1, 0.15) is 26.7 Å². The molecule has 0 aliphatic carbocycles. The highest BCUT2D eigenvalue weighted by atomic mass is 28.4. The quantitative estimate of drug-likeness (QED) is 0.106. The van der Waals surface area contributed by atoms with Gasteiger partial charge in [0.05, 0.1) is 13.2 Å². The fourth-order valence-electron chi connectivity index (χ4n) is 2.45. The molecule has 0 aromatic rings. The van der Waals surface area contributed by atoms with E-state index in [1.54, 1.807) is 6.92 Å². The van der Waals surface area contributed by atoms with Crippen LogP contribution in [0.2, 0.25) is 38.3 Å². The second kappa shape index (κ2) is 10.8. The molecule has 0 atom stereocenters. The average molecular weight is 385 g/mol. The second-order valence-electron chi connectivity index (χ2n) is 7.80. The van der Waals surface area contributed by atoms with E-state index in [0.29, 0.717) is 24.5 Å². The largest absolute Gasteiger partial charge is 0.494 e. The Morgan fingerprint density at radius 2 is 1.24 bits per heavy atom. The summed E-state index contributed by atoms with van der Waals surface area (Å²) in [5.41, 5.74) is 1.31. The molecule has 0 bridgehead atoms. The Kier molecular flexibility index (Phi) is 10.3. The molecule has 0 saturated carbocycles. The third kappa shape index (κ3) is 12.0. The molecular formula is C19H36O4Si2. The highest BCUT2D eigenvalue weighted by Gasteiger charge is 2.32. The Labute approximate surface area is 156 Å². The summed E-state index contributed by atoms with van der Waals surface area (Å²) < 4.78 is 17.3. The van der Waals surface area contributed by atoms with Gasteiger partial charge in [0.25, 0.3) is 0 Å². The lowest BCUT2D eigenvalue weighted by molar-refractivity contribution is -0.138. The van der Waals surface area contributed by atoms with Crippen molar-refractivity contribution >= 4 is 22.6 Å². The lowest BCUT2D eigenvalue weighted by atomic mass is 10.3. The van der Waals surface area contributed by atoms with Crippen molar-refractivity contribution in [3.8, 4) is 0 Å². The van der Waals surface area contributed by atoms with Crippen LogP contribution in [0.25, 0.3) is 0 Å². The van der Waals surface area contributed by atoms with Gasteiger partial charge in [-0.2, -0.15) is 0 Å². The van der Waals surface area contributed by atoms with E-state index in [-0.39, 0.29) is 5.97 Å². The van der Waals surface area contributed by atoms with Crippen LogP contribution < -0.4 is 0 Å². The first kappa shape index (κ1) is 23.9. The van der Waals surface area contributed by atoms with Gasteiger partial charge in [0, 0.05) is 5.57 Å². The monoisotopic (exact) mass is 384 g/mol. The summed E-state index contributed by atoms with van der Waals surface area (Å²) in [5.74, 6) is 0.353. The fourth-order valence-corrected chi connectivity index (χ4v) is 11.2. The Bertz CT molecular complexity index is 452. The standard InChI is InChI=1S/C19H36O4Si2/c1-16(2)18(5)21-12-10-14-24(6,7)23-25(8,9)15-11-13-22-19(20)17(3)4/h1,3,5,10-15H2,2,4,6-9H3. The minimum Gasteiger partial charge on any atom is -0.494 e. The molecule has 144 valence electrons. The van der Waals surface area contributed by atoms with Crippen LogP contribution in [0.15, 0.2) is 36.6 Å². The summed E-state index contributed by atoms with van der Waals surface area (Å²) in [4.78, 5) is 11.4. The molecular weight excluding hydrogens is 348 g/mol. The van der Waals surface area contributed by atoms with E-state index in [1.807, 2.05) is 6.92 Å². The Hall–Kier alpha value is -1.12. The molecule has 0 radical (unpaired) electrons. The fraction of sp³-hybridized carbons (Fsp3) is 0.632. The topological polar surface area (TPSA) is 44.8 Å². The van der Waals surface area contributed by atoms with Crippen molar-refractivity contribution < 1.29 is 18.4 Å². The van der Waals surface area contributed by atoms with Crippen LogP contribution >= 0.6 is 0 Å². The molecule has 0 N–H and O–H groups in total. The van der Waals surface area contributed by atoms with Gasteiger partial charge in [-0.25, -0.2) is 4.79 Å². The molecule has 0 aromatic heterocycles. The molecule has 0 spiro atoms. The molecule has 0 rings (SSSR count). The van der Waals surface area contributed by atoms with Crippen LogP contribution in [0, 0.1) is 0 Å². The molecule has 0 aliphatic rings. The number of hydrogen-bond donors (Lipinski definition) is 0. The molecule has 0 fully saturated rings. The molecule has 0 heterocycles. The maximum atomic E-state index is 11.4. The lowest BCUT2D eigenvalue weighted by Crippen LogP contribution is -2.44. The van der Waals surface area contributed by atoms with E-state index in [1.165, 1.54) is 0 Å².